The van der Waals surface area contributed by atoms with Crippen molar-refractivity contribution in [1.29, 1.82) is 0 Å². The summed E-state index contributed by atoms with van der Waals surface area (Å²) in [4.78, 5) is 31.1. The molecule has 148 valence electrons. The zero-order valence-corrected chi connectivity index (χ0v) is 15.6. The van der Waals surface area contributed by atoms with Crippen molar-refractivity contribution in [2.24, 2.45) is 5.92 Å². The number of nitrogens with zero attached hydrogens (tertiary/aromatic N) is 2. The van der Waals surface area contributed by atoms with Gasteiger partial charge in [0.1, 0.15) is 5.69 Å². The normalized spacial score (nSPS) is 23.8. The summed E-state index contributed by atoms with van der Waals surface area (Å²) in [5.41, 5.74) is 2.79. The zero-order chi connectivity index (χ0) is 19.9. The molecule has 0 unspecified atom stereocenters. The minimum absolute atomic E-state index is 0.0180. The molecule has 1 aromatic heterocycles. The topological polar surface area (TPSA) is 62.3 Å². The highest BCUT2D eigenvalue weighted by Crippen LogP contribution is 2.43. The van der Waals surface area contributed by atoms with Crippen molar-refractivity contribution in [2.45, 2.75) is 37.5 Å². The van der Waals surface area contributed by atoms with Gasteiger partial charge in [0, 0.05) is 12.6 Å². The molecule has 2 aliphatic rings. The number of alkyl halides is 3. The molecule has 1 aliphatic heterocycles. The summed E-state index contributed by atoms with van der Waals surface area (Å²) in [6.45, 7) is -0.198. The van der Waals surface area contributed by atoms with Gasteiger partial charge in [0.15, 0.2) is 0 Å². The van der Waals surface area contributed by atoms with Gasteiger partial charge in [-0.05, 0) is 30.7 Å². The number of rotatable bonds is 4. The molecule has 1 N–H and O–H groups in total. The van der Waals surface area contributed by atoms with E-state index in [1.807, 2.05) is 35.6 Å². The third-order valence-corrected chi connectivity index (χ3v) is 6.39. The van der Waals surface area contributed by atoms with Gasteiger partial charge in [-0.1, -0.05) is 30.3 Å². The van der Waals surface area contributed by atoms with Crippen molar-refractivity contribution in [2.75, 3.05) is 6.54 Å². The predicted molar refractivity (Wildman–Crippen MR) is 97.7 cm³/mol. The van der Waals surface area contributed by atoms with Gasteiger partial charge in [-0.25, -0.2) is 4.98 Å². The minimum Gasteiger partial charge on any atom is -0.346 e. The zero-order valence-electron chi connectivity index (χ0n) is 14.8. The van der Waals surface area contributed by atoms with E-state index in [1.54, 1.807) is 10.4 Å². The number of halogens is 3. The van der Waals surface area contributed by atoms with Crippen LogP contribution in [0.5, 0.6) is 0 Å². The molecule has 2 aromatic rings. The molecule has 1 aromatic carbocycles. The Hall–Kier alpha value is -2.42. The average Bonchev–Trinajstić information content (AvgIpc) is 3.40. The number of fused-ring (bicyclic) bond motifs is 2. The van der Waals surface area contributed by atoms with E-state index in [2.05, 4.69) is 4.98 Å². The van der Waals surface area contributed by atoms with E-state index in [0.717, 1.165) is 29.7 Å². The van der Waals surface area contributed by atoms with Gasteiger partial charge in [0.25, 0.3) is 5.91 Å². The number of aromatic nitrogens is 1. The molecule has 2 amide bonds. The molecular weight excluding hydrogens is 391 g/mol. The van der Waals surface area contributed by atoms with Gasteiger partial charge in [0.2, 0.25) is 0 Å². The maximum Gasteiger partial charge on any atom is 0.471 e. The maximum atomic E-state index is 13.3. The molecule has 2 heterocycles. The largest absolute Gasteiger partial charge is 0.471 e. The van der Waals surface area contributed by atoms with Crippen LogP contribution in [0.15, 0.2) is 35.8 Å². The first-order valence-corrected chi connectivity index (χ1v) is 9.91. The van der Waals surface area contributed by atoms with Crippen LogP contribution in [0.25, 0.3) is 10.4 Å². The van der Waals surface area contributed by atoms with Crippen molar-refractivity contribution in [3.63, 3.8) is 0 Å². The number of carbonyl (C=O) groups is 2. The maximum absolute atomic E-state index is 13.3. The van der Waals surface area contributed by atoms with Crippen LogP contribution in [0.4, 0.5) is 13.2 Å². The highest BCUT2D eigenvalue weighted by molar-refractivity contribution is 7.13. The van der Waals surface area contributed by atoms with Crippen LogP contribution in [-0.2, 0) is 4.79 Å². The van der Waals surface area contributed by atoms with Crippen LogP contribution in [-0.4, -0.2) is 46.5 Å². The van der Waals surface area contributed by atoms with Gasteiger partial charge in [0.05, 0.1) is 16.4 Å². The van der Waals surface area contributed by atoms with E-state index >= 15 is 0 Å². The highest BCUT2D eigenvalue weighted by Gasteiger charge is 2.49. The monoisotopic (exact) mass is 409 g/mol. The van der Waals surface area contributed by atoms with Crippen molar-refractivity contribution in [1.82, 2.24) is 15.2 Å². The van der Waals surface area contributed by atoms with E-state index in [-0.39, 0.29) is 24.4 Å². The summed E-state index contributed by atoms with van der Waals surface area (Å²) in [6, 6.07) is 8.94. The summed E-state index contributed by atoms with van der Waals surface area (Å²) in [5.74, 6) is -2.15. The number of likely N-dealkylation sites (tertiary alicyclic amines) is 1. The Balaban J connectivity index is 1.57. The first-order valence-electron chi connectivity index (χ1n) is 9.03. The van der Waals surface area contributed by atoms with E-state index in [0.29, 0.717) is 5.69 Å². The fourth-order valence-corrected chi connectivity index (χ4v) is 5.07. The van der Waals surface area contributed by atoms with Gasteiger partial charge >= 0.3 is 12.1 Å². The number of carbonyl (C=O) groups excluding carboxylic acids is 2. The highest BCUT2D eigenvalue weighted by atomic mass is 32.1. The fourth-order valence-electron chi connectivity index (χ4n) is 4.29. The van der Waals surface area contributed by atoms with E-state index in [1.165, 1.54) is 11.3 Å². The first kappa shape index (κ1) is 18.9. The smallest absolute Gasteiger partial charge is 0.346 e. The van der Waals surface area contributed by atoms with E-state index in [9.17, 15) is 22.8 Å². The van der Waals surface area contributed by atoms with Gasteiger partial charge in [-0.3, -0.25) is 9.59 Å². The molecule has 0 radical (unpaired) electrons. The van der Waals surface area contributed by atoms with E-state index < -0.39 is 18.1 Å². The number of piperidine rings is 1. The molecule has 1 aliphatic carbocycles. The Morgan fingerprint density at radius 3 is 2.68 bits per heavy atom. The number of benzene rings is 1. The summed E-state index contributed by atoms with van der Waals surface area (Å²) >= 11 is 1.36. The lowest BCUT2D eigenvalue weighted by Crippen LogP contribution is -2.52. The first-order chi connectivity index (χ1) is 13.4. The third-order valence-electron chi connectivity index (χ3n) is 5.51. The van der Waals surface area contributed by atoms with Gasteiger partial charge < -0.3 is 10.2 Å². The molecule has 1 saturated heterocycles. The number of hydrogen-bond donors (Lipinski definition) is 1. The Morgan fingerprint density at radius 1 is 1.21 bits per heavy atom. The second kappa shape index (κ2) is 7.20. The van der Waals surface area contributed by atoms with Crippen molar-refractivity contribution >= 4 is 23.2 Å². The van der Waals surface area contributed by atoms with Crippen LogP contribution in [0, 0.1) is 5.92 Å². The molecule has 2 fully saturated rings. The Morgan fingerprint density at radius 2 is 1.96 bits per heavy atom. The lowest BCUT2D eigenvalue weighted by atomic mass is 9.98. The van der Waals surface area contributed by atoms with Crippen molar-refractivity contribution in [3.05, 3.63) is 41.5 Å². The number of nitrogens with one attached hydrogen (secondary N) is 1. The van der Waals surface area contributed by atoms with Crippen molar-refractivity contribution < 1.29 is 22.8 Å². The molecule has 2 bridgehead atoms. The van der Waals surface area contributed by atoms with Crippen LogP contribution < -0.4 is 5.32 Å². The molecule has 0 spiro atoms. The molecule has 4 rings (SSSR count). The third kappa shape index (κ3) is 3.39. The summed E-state index contributed by atoms with van der Waals surface area (Å²) in [5, 5.41) is 1.95. The van der Waals surface area contributed by atoms with Crippen LogP contribution in [0.1, 0.15) is 29.8 Å². The molecule has 5 nitrogen and oxygen atoms in total. The van der Waals surface area contributed by atoms with Crippen LogP contribution in [0.3, 0.4) is 0 Å². The predicted octanol–water partition coefficient (Wildman–Crippen LogP) is 3.48. The summed E-state index contributed by atoms with van der Waals surface area (Å²) < 4.78 is 37.6. The number of thiazole rings is 1. The molecular formula is C19H18F3N3O2S. The van der Waals surface area contributed by atoms with Crippen LogP contribution >= 0.6 is 11.3 Å². The Labute approximate surface area is 163 Å². The lowest BCUT2D eigenvalue weighted by Gasteiger charge is -2.35. The van der Waals surface area contributed by atoms with E-state index in [4.69, 9.17) is 0 Å². The molecule has 28 heavy (non-hydrogen) atoms. The number of hydrogen-bond acceptors (Lipinski definition) is 4. The Bertz CT molecular complexity index is 884. The van der Waals surface area contributed by atoms with Gasteiger partial charge in [-0.2, -0.15) is 13.2 Å². The molecule has 1 saturated carbocycles. The van der Waals surface area contributed by atoms with Gasteiger partial charge in [-0.15, -0.1) is 11.3 Å². The van der Waals surface area contributed by atoms with Crippen LogP contribution in [0.2, 0.25) is 0 Å². The summed E-state index contributed by atoms with van der Waals surface area (Å²) in [6.07, 6.45) is -2.50. The fraction of sp³-hybridized carbons (Fsp3) is 0.421. The second-order valence-corrected chi connectivity index (χ2v) is 7.97. The quantitative estimate of drug-likeness (QED) is 0.841. The SMILES string of the molecule is O=C(c1ncsc1-c1ccccc1)N1[C@@H]2CC[C@@H](C2)[C@H]1CNC(=O)C(F)(F)F. The standard InChI is InChI=1S/C19H18F3N3O2S/c20-19(21,22)18(27)23-9-14-12-6-7-13(8-12)25(14)17(26)15-16(28-10-24-15)11-4-2-1-3-5-11/h1-5,10,12-14H,6-9H2,(H,23,27)/t12-,13+,14+/m0/s1. The molecule has 9 heteroatoms. The minimum atomic E-state index is -4.93. The average molecular weight is 409 g/mol. The lowest BCUT2D eigenvalue weighted by molar-refractivity contribution is -0.173. The Kier molecular flexibility index (Phi) is 4.86. The summed E-state index contributed by atoms with van der Waals surface area (Å²) in [7, 11) is 0. The van der Waals surface area contributed by atoms with Crippen molar-refractivity contribution in [3.8, 4) is 10.4 Å². The molecule has 3 atom stereocenters. The second-order valence-electron chi connectivity index (χ2n) is 7.11. The number of amides is 2.